The number of β-lactam (4-membered cyclic amide) rings is 1. The number of fused-ring (bicyclic) bond motifs is 2. The summed E-state index contributed by atoms with van der Waals surface area (Å²) in [5.74, 6) is 1.23. The molecule has 10 heteroatoms. The smallest absolute Gasteiger partial charge is 0.327 e. The molecule has 0 saturated carbocycles. The Bertz CT molecular complexity index is 958. The number of thioether (sulfide) groups is 1. The number of nitrogens with zero attached hydrogens (tertiary/aromatic N) is 1. The molecule has 3 heterocycles. The van der Waals surface area contributed by atoms with Crippen LogP contribution in [0, 0.1) is 0 Å². The Morgan fingerprint density at radius 1 is 1.22 bits per heavy atom. The minimum absolute atomic E-state index is 0.166. The van der Waals surface area contributed by atoms with Gasteiger partial charge in [-0.3, -0.25) is 9.00 Å². The molecule has 7 nitrogen and oxygen atoms in total. The van der Waals surface area contributed by atoms with Gasteiger partial charge >= 0.3 is 5.97 Å². The molecule has 1 aromatic rings. The molecule has 1 N–H and O–H groups in total. The number of alkyl halides is 1. The molecule has 1 aromatic carbocycles. The summed E-state index contributed by atoms with van der Waals surface area (Å²) < 4.78 is 22.6. The zero-order valence-corrected chi connectivity index (χ0v) is 23.9. The Hall–Kier alpha value is -1.45. The summed E-state index contributed by atoms with van der Waals surface area (Å²) in [4.78, 5) is 23.8. The van der Waals surface area contributed by atoms with Gasteiger partial charge in [0, 0.05) is 26.5 Å². The van der Waals surface area contributed by atoms with Crippen LogP contribution in [0.25, 0.3) is 0 Å². The molecule has 1 amide bonds. The van der Waals surface area contributed by atoms with Gasteiger partial charge in [-0.15, -0.1) is 23.4 Å². The van der Waals surface area contributed by atoms with E-state index in [4.69, 9.17) is 26.2 Å². The lowest BCUT2D eigenvalue weighted by Gasteiger charge is -2.40. The van der Waals surface area contributed by atoms with Gasteiger partial charge in [0.15, 0.2) is 11.5 Å². The molecule has 0 aromatic heterocycles. The number of hydrogen-bond acceptors (Lipinski definition) is 6. The van der Waals surface area contributed by atoms with E-state index in [9.17, 15) is 13.8 Å². The number of benzene rings is 1. The van der Waals surface area contributed by atoms with Crippen LogP contribution < -0.4 is 9.47 Å². The van der Waals surface area contributed by atoms with E-state index < -0.39 is 32.9 Å². The molecule has 3 aliphatic heterocycles. The maximum atomic E-state index is 12.3. The predicted molar refractivity (Wildman–Crippen MR) is 145 cm³/mol. The van der Waals surface area contributed by atoms with Crippen molar-refractivity contribution < 1.29 is 28.4 Å². The molecule has 3 aliphatic rings. The maximum Gasteiger partial charge on any atom is 0.327 e. The van der Waals surface area contributed by atoms with Crippen LogP contribution in [0.15, 0.2) is 18.2 Å². The fourth-order valence-electron chi connectivity index (χ4n) is 4.68. The number of amides is 1. The summed E-state index contributed by atoms with van der Waals surface area (Å²) in [7, 11) is -0.743. The number of carboxylic acids is 1. The Labute approximate surface area is 226 Å². The highest BCUT2D eigenvalue weighted by Gasteiger charge is 2.63. The molecule has 2 unspecified atom stereocenters. The van der Waals surface area contributed by atoms with Crippen LogP contribution in [0.4, 0.5) is 0 Å². The minimum Gasteiger partial charge on any atom is -0.480 e. The van der Waals surface area contributed by atoms with Gasteiger partial charge < -0.3 is 19.5 Å². The number of ether oxygens (including phenoxy) is 2. The van der Waals surface area contributed by atoms with Gasteiger partial charge in [-0.05, 0) is 44.4 Å². The predicted octanol–water partition coefficient (Wildman–Crippen LogP) is 5.20. The van der Waals surface area contributed by atoms with E-state index in [1.807, 2.05) is 32.0 Å². The fourth-order valence-corrected chi connectivity index (χ4v) is 7.88. The van der Waals surface area contributed by atoms with Crippen molar-refractivity contribution in [3.63, 3.8) is 0 Å². The first-order chi connectivity index (χ1) is 17.1. The van der Waals surface area contributed by atoms with Crippen LogP contribution in [0.2, 0.25) is 0 Å². The molecule has 5 atom stereocenters. The van der Waals surface area contributed by atoms with Crippen molar-refractivity contribution in [3.8, 4) is 11.5 Å². The van der Waals surface area contributed by atoms with Crippen LogP contribution in [-0.4, -0.2) is 65.4 Å². The molecular formula is C26H38ClNO6S2. The van der Waals surface area contributed by atoms with E-state index in [1.165, 1.54) is 54.3 Å². The Kier molecular flexibility index (Phi) is 10.4. The van der Waals surface area contributed by atoms with Gasteiger partial charge in [0.2, 0.25) is 12.7 Å². The lowest BCUT2D eigenvalue weighted by molar-refractivity contribution is -0.156. The van der Waals surface area contributed by atoms with Crippen molar-refractivity contribution in [1.29, 1.82) is 0 Å². The van der Waals surface area contributed by atoms with Gasteiger partial charge in [-0.2, -0.15) is 0 Å². The third kappa shape index (κ3) is 6.90. The van der Waals surface area contributed by atoms with Crippen LogP contribution in [0.3, 0.4) is 0 Å². The van der Waals surface area contributed by atoms with Crippen molar-refractivity contribution in [2.45, 2.75) is 99.4 Å². The molecule has 0 aliphatic carbocycles. The average molecular weight is 560 g/mol. The van der Waals surface area contributed by atoms with Gasteiger partial charge in [-0.1, -0.05) is 52.0 Å². The minimum atomic E-state index is -0.957. The van der Waals surface area contributed by atoms with Crippen molar-refractivity contribution in [3.05, 3.63) is 23.8 Å². The van der Waals surface area contributed by atoms with Crippen LogP contribution in [-0.2, 0) is 26.8 Å². The van der Waals surface area contributed by atoms with E-state index in [0.29, 0.717) is 6.79 Å². The van der Waals surface area contributed by atoms with E-state index in [-0.39, 0.29) is 16.5 Å². The molecule has 0 spiro atoms. The summed E-state index contributed by atoms with van der Waals surface area (Å²) in [6, 6.07) is 5.26. The number of carbonyl (C=O) groups excluding carboxylic acids is 1. The first-order valence-corrected chi connectivity index (χ1v) is 15.4. The van der Waals surface area contributed by atoms with Gasteiger partial charge in [0.05, 0.1) is 0 Å². The SMILES string of the molecule is CC1(C)S[C@@H]2[C@H](Cl)C(=O)N2[C@H]1C(=O)O.CCCCCCCCS(=O)C(C)Cc1ccc2c(c1)OCO2. The Morgan fingerprint density at radius 2 is 1.89 bits per heavy atom. The second-order valence-electron chi connectivity index (χ2n) is 10.1. The molecular weight excluding hydrogens is 522 g/mol. The number of hydrogen-bond donors (Lipinski definition) is 1. The number of aliphatic carboxylic acids is 1. The standard InChI is InChI=1S/C18H28O3S.C8H10ClNO3S/c1-3-4-5-6-7-8-11-22(19)15(2)12-16-9-10-17-18(13-16)21-14-20-17;1-8(2)4(7(12)13)10-5(11)3(9)6(10)14-8/h9-10,13,15H,3-8,11-12,14H2,1-2H3;3-4,6H,1-2H3,(H,12,13)/t;3-,4+,6-/m.1/s1. The van der Waals surface area contributed by atoms with E-state index in [0.717, 1.165) is 30.1 Å². The number of halogens is 1. The summed E-state index contributed by atoms with van der Waals surface area (Å²) in [6.07, 6.45) is 8.32. The van der Waals surface area contributed by atoms with E-state index in [2.05, 4.69) is 13.8 Å². The number of unbranched alkanes of at least 4 members (excludes halogenated alkanes) is 5. The summed E-state index contributed by atoms with van der Waals surface area (Å²) in [6.45, 7) is 8.26. The quantitative estimate of drug-likeness (QED) is 0.226. The van der Waals surface area contributed by atoms with E-state index in [1.54, 1.807) is 0 Å². The number of carbonyl (C=O) groups is 2. The summed E-state index contributed by atoms with van der Waals surface area (Å²) >= 11 is 7.25. The van der Waals surface area contributed by atoms with Crippen molar-refractivity contribution >= 4 is 46.0 Å². The Morgan fingerprint density at radius 3 is 2.58 bits per heavy atom. The highest BCUT2D eigenvalue weighted by atomic mass is 35.5. The number of rotatable bonds is 11. The van der Waals surface area contributed by atoms with Gasteiger partial charge in [0.1, 0.15) is 16.8 Å². The largest absolute Gasteiger partial charge is 0.480 e. The highest BCUT2D eigenvalue weighted by molar-refractivity contribution is 8.01. The topological polar surface area (TPSA) is 93.1 Å². The zero-order chi connectivity index (χ0) is 26.5. The lowest BCUT2D eigenvalue weighted by Crippen LogP contribution is -2.63. The second kappa shape index (κ2) is 12.9. The second-order valence-corrected chi connectivity index (χ2v) is 14.3. The van der Waals surface area contributed by atoms with Crippen LogP contribution in [0.5, 0.6) is 11.5 Å². The Balaban J connectivity index is 0.000000221. The normalized spacial score (nSPS) is 24.9. The lowest BCUT2D eigenvalue weighted by atomic mass is 9.98. The zero-order valence-electron chi connectivity index (χ0n) is 21.5. The molecule has 0 radical (unpaired) electrons. The summed E-state index contributed by atoms with van der Waals surface area (Å²) in [5.41, 5.74) is 1.17. The van der Waals surface area contributed by atoms with Gasteiger partial charge in [-0.25, -0.2) is 4.79 Å². The highest BCUT2D eigenvalue weighted by Crippen LogP contribution is 2.52. The van der Waals surface area contributed by atoms with Crippen LogP contribution in [0.1, 0.15) is 71.8 Å². The third-order valence-corrected chi connectivity index (χ3v) is 10.6. The monoisotopic (exact) mass is 559 g/mol. The van der Waals surface area contributed by atoms with Crippen molar-refractivity contribution in [1.82, 2.24) is 4.90 Å². The van der Waals surface area contributed by atoms with Crippen LogP contribution >= 0.6 is 23.4 Å². The van der Waals surface area contributed by atoms with Crippen molar-refractivity contribution in [2.75, 3.05) is 12.5 Å². The van der Waals surface area contributed by atoms with E-state index >= 15 is 0 Å². The molecule has 0 bridgehead atoms. The maximum absolute atomic E-state index is 12.3. The molecule has 2 saturated heterocycles. The number of carboxylic acid groups (broad SMARTS) is 1. The molecule has 202 valence electrons. The molecule has 36 heavy (non-hydrogen) atoms. The average Bonchev–Trinajstić information content (AvgIpc) is 3.40. The fraction of sp³-hybridized carbons (Fsp3) is 0.692. The first-order valence-electron chi connectivity index (χ1n) is 12.7. The van der Waals surface area contributed by atoms with Gasteiger partial charge in [0.25, 0.3) is 0 Å². The first kappa shape index (κ1) is 29.1. The summed E-state index contributed by atoms with van der Waals surface area (Å²) in [5, 5.41) is 8.50. The third-order valence-electron chi connectivity index (χ3n) is 6.72. The molecule has 4 rings (SSSR count). The van der Waals surface area contributed by atoms with Crippen molar-refractivity contribution in [2.24, 2.45) is 0 Å². The molecule has 2 fully saturated rings.